The van der Waals surface area contributed by atoms with Gasteiger partial charge in [0.05, 0.1) is 122 Å². The van der Waals surface area contributed by atoms with Crippen molar-refractivity contribution in [3.8, 4) is 33.4 Å². The second-order valence-electron chi connectivity index (χ2n) is 31.5. The molecule has 6 aromatic heterocycles. The van der Waals surface area contributed by atoms with Crippen molar-refractivity contribution in [3.05, 3.63) is 287 Å². The molecule has 0 radical (unpaired) electrons. The van der Waals surface area contributed by atoms with Crippen molar-refractivity contribution in [1.29, 1.82) is 0 Å². The molecule has 120 heavy (non-hydrogen) atoms. The number of carbonyl (C=O) groups is 3. The molecule has 3 unspecified atom stereocenters. The van der Waals surface area contributed by atoms with Crippen molar-refractivity contribution in [1.82, 2.24) is 35.2 Å². The van der Waals surface area contributed by atoms with Gasteiger partial charge in [0.15, 0.2) is 22.8 Å². The molecular formula is C95H92BrClMgN14O8. The Kier molecular flexibility index (Phi) is 27.4. The van der Waals surface area contributed by atoms with Crippen LogP contribution in [0.4, 0.5) is 39.9 Å². The van der Waals surface area contributed by atoms with Crippen LogP contribution in [0.15, 0.2) is 201 Å². The van der Waals surface area contributed by atoms with E-state index >= 15 is 0 Å². The molecule has 12 aromatic rings. The van der Waals surface area contributed by atoms with Gasteiger partial charge in [-0.1, -0.05) is 145 Å². The van der Waals surface area contributed by atoms with Crippen LogP contribution in [0, 0.1) is 27.1 Å². The van der Waals surface area contributed by atoms with Gasteiger partial charge in [-0.2, -0.15) is 0 Å². The van der Waals surface area contributed by atoms with Gasteiger partial charge in [0.25, 0.3) is 0 Å². The van der Waals surface area contributed by atoms with E-state index in [1.54, 1.807) is 45.2 Å². The average Bonchev–Trinajstić information content (AvgIpc) is 1.59. The quantitative estimate of drug-likeness (QED) is 0.0342. The number of hydrogen-bond acceptors (Lipinski definition) is 18. The molecule has 4 N–H and O–H groups in total. The maximum Gasteiger partial charge on any atom is 2.00 e. The Bertz CT molecular complexity index is 5870. The molecule has 6 aliphatic rings. The van der Waals surface area contributed by atoms with Crippen molar-refractivity contribution >= 4 is 125 Å². The third kappa shape index (κ3) is 19.2. The van der Waals surface area contributed by atoms with Gasteiger partial charge in [0.2, 0.25) is 5.91 Å². The van der Waals surface area contributed by atoms with Crippen molar-refractivity contribution in [2.45, 2.75) is 113 Å². The number of nitrogens with zero attached hydrogens (tertiary/aromatic N) is 13. The molecule has 18 rings (SSSR count). The summed E-state index contributed by atoms with van der Waals surface area (Å²) in [5, 5.41) is 40.3. The van der Waals surface area contributed by atoms with Gasteiger partial charge in [-0.05, 0) is 154 Å². The molecule has 3 saturated carbocycles. The number of rotatable bonds is 14. The van der Waals surface area contributed by atoms with Gasteiger partial charge in [-0.15, -0.1) is 0 Å². The third-order valence-electron chi connectivity index (χ3n) is 22.8. The van der Waals surface area contributed by atoms with Crippen LogP contribution in [0.25, 0.3) is 80.6 Å². The number of aliphatic hydroxyl groups is 3. The largest absolute Gasteiger partial charge is 2.00 e. The molecular weight excluding hydrogens is 1600 g/mol. The summed E-state index contributed by atoms with van der Waals surface area (Å²) in [6.45, 7) is 33.7. The van der Waals surface area contributed by atoms with Crippen LogP contribution < -0.4 is 41.9 Å². The number of amides is 1. The van der Waals surface area contributed by atoms with Crippen molar-refractivity contribution in [2.24, 2.45) is 0 Å². The molecule has 22 nitrogen and oxygen atoms in total. The molecule has 0 spiro atoms. The van der Waals surface area contributed by atoms with E-state index < -0.39 is 28.9 Å². The molecule has 9 heterocycles. The van der Waals surface area contributed by atoms with E-state index in [1.165, 1.54) is 85.8 Å². The average molecular weight is 1700 g/mol. The molecule has 6 aromatic carbocycles. The minimum Gasteiger partial charge on any atom is -1.00 e. The molecule has 3 aliphatic heterocycles. The molecule has 3 atom stereocenters. The van der Waals surface area contributed by atoms with Gasteiger partial charge in [0, 0.05) is 108 Å². The molecule has 25 heteroatoms. The first-order chi connectivity index (χ1) is 56.5. The number of halogens is 2. The maximum atomic E-state index is 11.9. The number of pyridine rings is 6. The van der Waals surface area contributed by atoms with Gasteiger partial charge in [-0.3, -0.25) is 24.7 Å². The van der Waals surface area contributed by atoms with E-state index in [0.29, 0.717) is 96.2 Å². The van der Waals surface area contributed by atoms with Crippen LogP contribution in [0.1, 0.15) is 145 Å². The van der Waals surface area contributed by atoms with Crippen LogP contribution in [0.2, 0.25) is 5.15 Å². The summed E-state index contributed by atoms with van der Waals surface area (Å²) in [6.07, 6.45) is 18.3. The fraction of sp³-hybridized carbons (Fsp3) is 0.295. The Labute approximate surface area is 731 Å². The minimum absolute atomic E-state index is 0. The number of fused-ring (bicyclic) bond motifs is 3. The summed E-state index contributed by atoms with van der Waals surface area (Å²) in [6, 6.07) is 52.4. The number of piperidine rings is 1. The Morgan fingerprint density at radius 2 is 0.950 bits per heavy atom. The van der Waals surface area contributed by atoms with E-state index in [2.05, 4.69) is 109 Å². The van der Waals surface area contributed by atoms with Gasteiger partial charge < -0.3 is 74.1 Å². The van der Waals surface area contributed by atoms with Crippen LogP contribution in [0.5, 0.6) is 0 Å². The molecule has 3 saturated heterocycles. The number of β-amino-alcohol motifs (C(OH)–C–C–N with tert-alkyl or cyclic N) is 2. The number of nitrogens with one attached hydrogen (secondary N) is 1. The number of ether oxygens (including phenoxy) is 2. The zero-order chi connectivity index (χ0) is 81.9. The SMILES string of the molecule is COC(=O)c1ccc(Cl)nc1.[Br-].[C-]#[N+]c1ccc(-c2cccc3c(C4CC4)c(N4CCC(c5ccc(C(C)(C)O)cn5)C(C)(O)C4)cnc23)cc1.[C-]#[N+]c1ccc(-c2cccc3c(C4CC4)c(N4CCN(c5ccc(C(=O)OC)cn5)C(C)(O)C4)cnc23)cc1.[C-]#[N+]c1ccc(-c2cccc3c(C4CC4)c(N4CCNC(=O)C4)cnc23)cc1.[CH3-].[Mg+2]. The van der Waals surface area contributed by atoms with Crippen LogP contribution in [-0.2, 0) is 19.9 Å². The number of anilines is 4. The predicted octanol–water partition coefficient (Wildman–Crippen LogP) is 15.1. The number of esters is 2. The summed E-state index contributed by atoms with van der Waals surface area (Å²) >= 11 is 5.50. The number of aromatic nitrogens is 6. The summed E-state index contributed by atoms with van der Waals surface area (Å²) in [7, 11) is 2.66. The first kappa shape index (κ1) is 87.8. The Morgan fingerprint density at radius 1 is 0.517 bits per heavy atom. The number of piperazine rings is 2. The van der Waals surface area contributed by atoms with E-state index in [1.807, 2.05) is 115 Å². The van der Waals surface area contributed by atoms with Gasteiger partial charge in [-0.25, -0.2) is 34.1 Å². The number of carbonyl (C=O) groups excluding carboxylic acids is 3. The fourth-order valence-corrected chi connectivity index (χ4v) is 16.4. The Hall–Kier alpha value is -11.5. The topological polar surface area (TPSA) is 246 Å². The molecule has 6 fully saturated rings. The Balaban J connectivity index is 0.000000155. The second-order valence-corrected chi connectivity index (χ2v) is 31.9. The number of methoxy groups -OCH3 is 2. The van der Waals surface area contributed by atoms with Crippen molar-refractivity contribution in [2.75, 3.05) is 86.2 Å². The van der Waals surface area contributed by atoms with Crippen molar-refractivity contribution < 1.29 is 56.2 Å². The third-order valence-corrected chi connectivity index (χ3v) is 23.0. The van der Waals surface area contributed by atoms with Gasteiger partial charge in [0.1, 0.15) is 11.0 Å². The van der Waals surface area contributed by atoms with Crippen LogP contribution in [-0.4, -0.2) is 164 Å². The van der Waals surface area contributed by atoms with E-state index in [9.17, 15) is 29.7 Å². The summed E-state index contributed by atoms with van der Waals surface area (Å²) in [4.78, 5) is 81.2. The zero-order valence-electron chi connectivity index (χ0n) is 68.1. The summed E-state index contributed by atoms with van der Waals surface area (Å²) < 4.78 is 9.22. The van der Waals surface area contributed by atoms with Crippen molar-refractivity contribution in [3.63, 3.8) is 0 Å². The van der Waals surface area contributed by atoms with Crippen LogP contribution in [0.3, 0.4) is 0 Å². The van der Waals surface area contributed by atoms with E-state index in [4.69, 9.17) is 51.0 Å². The van der Waals surface area contributed by atoms with E-state index in [0.717, 1.165) is 116 Å². The summed E-state index contributed by atoms with van der Waals surface area (Å²) in [5.41, 5.74) is 17.8. The molecule has 3 aliphatic carbocycles. The maximum absolute atomic E-state index is 11.9. The molecule has 0 bridgehead atoms. The molecule has 606 valence electrons. The Morgan fingerprint density at radius 3 is 1.31 bits per heavy atom. The predicted molar refractivity (Wildman–Crippen MR) is 470 cm³/mol. The summed E-state index contributed by atoms with van der Waals surface area (Å²) in [5.74, 6) is 1.27. The number of benzene rings is 6. The van der Waals surface area contributed by atoms with Gasteiger partial charge >= 0.3 is 35.0 Å². The first-order valence-electron chi connectivity index (χ1n) is 39.4. The fourth-order valence-electron chi connectivity index (χ4n) is 16.3. The first-order valence-corrected chi connectivity index (χ1v) is 39.8. The number of para-hydroxylation sites is 3. The monoisotopic (exact) mass is 1690 g/mol. The normalized spacial score (nSPS) is 18.0. The molecule has 1 amide bonds. The standard InChI is InChI=1S/C33H34N4O2.C31H29N5O3.C23H20N4O.C7H6ClNO2.CH3.BrH.Mg/c1-32(2,38)23-12-15-28(35-18-23)27-16-17-37(20-33(27,3)39)29-19-36-31-25(21-10-13-24(34-4)14-11-21)6-5-7-26(31)30(29)22-8-9-22;1-31(38)19-35(15-16-36(31)27-14-11-22(17-33-27)30(37)39-3)26-18-34-29-24(20-9-12-23(32-2)13-10-20)5-4-6-25(29)28(26)21-7-8-21;1-24-17-9-7-15(8-10-17)18-3-2-4-19-22(16-5-6-16)20(13-26-23(18)19)27-12-11-25-21(28)14-27;1-11-7(10)5-2-3-6(8)9-4-5;;;/h5-7,10-15,18-19,22,27,38-39H,8-9,16-17,20H2,1-3H3;4-6,9-14,17-18,21,38H,7-8,15-16,19H2,1,3H3;2-4,7-10,13,16H,5-6,11-12,14H2,(H,25,28);2-4H,1H3;1H3;1H;/q;;;;-1;;+2/p-1. The smallest absolute Gasteiger partial charge is 1.00 e. The van der Waals surface area contributed by atoms with Crippen LogP contribution >= 0.6 is 11.6 Å². The second kappa shape index (κ2) is 37.4. The minimum atomic E-state index is -1.18. The zero-order valence-corrected chi connectivity index (χ0v) is 71.9. The number of hydrogen-bond donors (Lipinski definition) is 4. The van der Waals surface area contributed by atoms with E-state index in [-0.39, 0.29) is 59.3 Å².